The van der Waals surface area contributed by atoms with E-state index >= 15 is 0 Å². The zero-order valence-electron chi connectivity index (χ0n) is 17.0. The van der Waals surface area contributed by atoms with Crippen molar-refractivity contribution in [3.8, 4) is 11.5 Å². The van der Waals surface area contributed by atoms with Crippen molar-refractivity contribution in [2.45, 2.75) is 44.7 Å². The molecule has 4 N–H and O–H groups in total. The van der Waals surface area contributed by atoms with Crippen LogP contribution >= 0.6 is 11.6 Å². The van der Waals surface area contributed by atoms with Gasteiger partial charge in [0.2, 0.25) is 5.91 Å². The van der Waals surface area contributed by atoms with Gasteiger partial charge in [-0.05, 0) is 37.5 Å². The highest BCUT2D eigenvalue weighted by Gasteiger charge is 2.44. The van der Waals surface area contributed by atoms with Crippen molar-refractivity contribution in [3.05, 3.63) is 35.4 Å². The molecular formula is C22H24ClN7O. The quantitative estimate of drug-likeness (QED) is 0.542. The first-order valence-electron chi connectivity index (χ1n) is 10.9. The molecule has 0 spiro atoms. The lowest BCUT2D eigenvalue weighted by Crippen LogP contribution is -2.51. The molecule has 1 aliphatic heterocycles. The Hall–Kier alpha value is -2.87. The molecule has 1 saturated carbocycles. The zero-order chi connectivity index (χ0) is 21.1. The molecule has 0 saturated heterocycles. The third-order valence-corrected chi connectivity index (χ3v) is 7.30. The normalized spacial score (nSPS) is 26.9. The van der Waals surface area contributed by atoms with Crippen molar-refractivity contribution in [3.63, 3.8) is 0 Å². The number of aromatic amines is 1. The van der Waals surface area contributed by atoms with E-state index in [-0.39, 0.29) is 29.7 Å². The Morgan fingerprint density at radius 3 is 2.84 bits per heavy atom. The number of amides is 1. The second-order valence-electron chi connectivity index (χ2n) is 8.85. The number of nitrogens with two attached hydrogens (primary N) is 1. The summed E-state index contributed by atoms with van der Waals surface area (Å²) in [5.41, 5.74) is 8.61. The van der Waals surface area contributed by atoms with E-state index in [0.29, 0.717) is 22.2 Å². The van der Waals surface area contributed by atoms with E-state index in [9.17, 15) is 4.79 Å². The summed E-state index contributed by atoms with van der Waals surface area (Å²) in [6, 6.07) is -0.101. The summed E-state index contributed by atoms with van der Waals surface area (Å²) in [5.74, 6) is 1.65. The fourth-order valence-electron chi connectivity index (χ4n) is 5.47. The van der Waals surface area contributed by atoms with Crippen LogP contribution in [0.15, 0.2) is 24.5 Å². The summed E-state index contributed by atoms with van der Waals surface area (Å²) < 4.78 is 2.20. The predicted molar refractivity (Wildman–Crippen MR) is 119 cm³/mol. The van der Waals surface area contributed by atoms with Crippen molar-refractivity contribution >= 4 is 34.4 Å². The number of nitrogens with zero attached hydrogens (tertiary/aromatic N) is 4. The van der Waals surface area contributed by atoms with Crippen LogP contribution in [0, 0.1) is 17.8 Å². The second kappa shape index (κ2) is 7.09. The van der Waals surface area contributed by atoms with E-state index in [1.165, 1.54) is 12.8 Å². The first-order valence-corrected chi connectivity index (χ1v) is 11.3. The number of carbonyl (C=O) groups excluding carboxylic acids is 1. The van der Waals surface area contributed by atoms with Crippen LogP contribution in [0.2, 0.25) is 5.02 Å². The molecule has 160 valence electrons. The molecule has 4 atom stereocenters. The van der Waals surface area contributed by atoms with E-state index in [1.54, 1.807) is 6.20 Å². The minimum Gasteiger partial charge on any atom is -0.378 e. The number of H-pyrrole nitrogens is 1. The molecule has 3 aromatic rings. The molecule has 7 rings (SSSR count). The van der Waals surface area contributed by atoms with Gasteiger partial charge in [0.25, 0.3) is 0 Å². The van der Waals surface area contributed by atoms with Gasteiger partial charge in [-0.15, -0.1) is 0 Å². The van der Waals surface area contributed by atoms with Gasteiger partial charge in [-0.25, -0.2) is 15.0 Å². The number of hydrogen-bond donors (Lipinski definition) is 3. The minimum absolute atomic E-state index is 0.101. The van der Waals surface area contributed by atoms with Gasteiger partial charge in [0.15, 0.2) is 11.5 Å². The number of anilines is 1. The molecule has 3 aliphatic carbocycles. The Balaban J connectivity index is 1.39. The number of nitrogens with one attached hydrogen (secondary N) is 2. The fourth-order valence-corrected chi connectivity index (χ4v) is 5.67. The largest absolute Gasteiger partial charge is 0.378 e. The van der Waals surface area contributed by atoms with Crippen molar-refractivity contribution in [1.82, 2.24) is 24.5 Å². The van der Waals surface area contributed by atoms with E-state index in [1.807, 2.05) is 0 Å². The molecule has 2 bridgehead atoms. The second-order valence-corrected chi connectivity index (χ2v) is 9.25. The molecule has 8 nitrogen and oxygen atoms in total. The molecule has 1 amide bonds. The van der Waals surface area contributed by atoms with Gasteiger partial charge >= 0.3 is 0 Å². The van der Waals surface area contributed by atoms with Gasteiger partial charge in [0, 0.05) is 25.2 Å². The van der Waals surface area contributed by atoms with Gasteiger partial charge in [-0.3, -0.25) is 4.79 Å². The number of imidazole rings is 2. The highest BCUT2D eigenvalue weighted by molar-refractivity contribution is 6.34. The number of aromatic nitrogens is 5. The van der Waals surface area contributed by atoms with Crippen LogP contribution in [0.4, 0.5) is 5.69 Å². The molecule has 0 unspecified atom stereocenters. The summed E-state index contributed by atoms with van der Waals surface area (Å²) in [4.78, 5) is 29.5. The van der Waals surface area contributed by atoms with E-state index < -0.39 is 0 Å². The zero-order valence-corrected chi connectivity index (χ0v) is 17.8. The summed E-state index contributed by atoms with van der Waals surface area (Å²) in [5, 5.41) is 4.03. The van der Waals surface area contributed by atoms with Crippen molar-refractivity contribution in [2.75, 3.05) is 5.32 Å². The number of primary amides is 1. The van der Waals surface area contributed by atoms with Crippen LogP contribution in [-0.2, 0) is 17.8 Å². The Kier molecular flexibility index (Phi) is 4.31. The number of halogens is 1. The van der Waals surface area contributed by atoms with Gasteiger partial charge in [0.05, 0.1) is 22.8 Å². The molecule has 1 fully saturated rings. The molecule has 31 heavy (non-hydrogen) atoms. The number of aryl methyl sites for hydroxylation is 2. The van der Waals surface area contributed by atoms with Crippen molar-refractivity contribution in [1.29, 1.82) is 0 Å². The molecular weight excluding hydrogens is 414 g/mol. The number of rotatable bonds is 4. The molecule has 3 aromatic heterocycles. The van der Waals surface area contributed by atoms with Crippen LogP contribution in [0.1, 0.15) is 31.5 Å². The number of fused-ring (bicyclic) bond motifs is 4. The van der Waals surface area contributed by atoms with Crippen LogP contribution < -0.4 is 11.1 Å². The molecule has 0 radical (unpaired) electrons. The first kappa shape index (κ1) is 18.9. The van der Waals surface area contributed by atoms with E-state index in [0.717, 1.165) is 42.8 Å². The van der Waals surface area contributed by atoms with E-state index in [4.69, 9.17) is 22.3 Å². The lowest BCUT2D eigenvalue weighted by Gasteiger charge is -2.44. The highest BCUT2D eigenvalue weighted by atomic mass is 35.5. The third-order valence-electron chi connectivity index (χ3n) is 7.01. The standard InChI is InChI=1S/C22H24ClN7O/c23-13-9-25-22-19(28-21(29-22)14-10-30-8-2-1-3-15(30)26-14)18(13)27-17-12-6-4-11(5-7-12)16(17)20(24)31/h4,6,9-12,16-17H,1-3,5,7-8H2,(H2,24,31)(H2,25,27,28,29)/t11-,12+,16+,17-/m1/s1. The maximum atomic E-state index is 12.3. The molecule has 4 heterocycles. The minimum atomic E-state index is -0.271. The smallest absolute Gasteiger partial charge is 0.223 e. The number of hydrogen-bond acceptors (Lipinski definition) is 5. The SMILES string of the molecule is NC(=O)[C@@H]1[C@H](Nc2c(Cl)cnc3nc(-c4cn5c(n4)CCCC5)[nH]c23)[C@H]2C=C[C@@H]1CC2. The van der Waals surface area contributed by atoms with Crippen molar-refractivity contribution in [2.24, 2.45) is 23.5 Å². The Morgan fingerprint density at radius 2 is 2.06 bits per heavy atom. The molecule has 9 heteroatoms. The van der Waals surface area contributed by atoms with Gasteiger partial charge in [-0.2, -0.15) is 0 Å². The number of pyridine rings is 1. The summed E-state index contributed by atoms with van der Waals surface area (Å²) in [7, 11) is 0. The predicted octanol–water partition coefficient (Wildman–Crippen LogP) is 3.29. The van der Waals surface area contributed by atoms with Crippen LogP contribution in [0.5, 0.6) is 0 Å². The van der Waals surface area contributed by atoms with Gasteiger partial charge in [-0.1, -0.05) is 23.8 Å². The Bertz CT molecular complexity index is 1190. The molecule has 4 aliphatic rings. The number of allylic oxidation sites excluding steroid dienone is 1. The van der Waals surface area contributed by atoms with Crippen molar-refractivity contribution < 1.29 is 4.79 Å². The summed E-state index contributed by atoms with van der Waals surface area (Å²) >= 11 is 6.56. The van der Waals surface area contributed by atoms with Gasteiger partial charge in [0.1, 0.15) is 17.0 Å². The monoisotopic (exact) mass is 437 g/mol. The topological polar surface area (TPSA) is 115 Å². The highest BCUT2D eigenvalue weighted by Crippen LogP contribution is 2.43. The summed E-state index contributed by atoms with van der Waals surface area (Å²) in [6.07, 6.45) is 13.3. The number of carbonyl (C=O) groups is 1. The third kappa shape index (κ3) is 3.04. The van der Waals surface area contributed by atoms with E-state index in [2.05, 4.69) is 43.2 Å². The van der Waals surface area contributed by atoms with Crippen LogP contribution in [-0.4, -0.2) is 36.5 Å². The Labute approximate surface area is 184 Å². The summed E-state index contributed by atoms with van der Waals surface area (Å²) in [6.45, 7) is 0.992. The average Bonchev–Trinajstić information content (AvgIpc) is 3.40. The average molecular weight is 438 g/mol. The first-order chi connectivity index (χ1) is 15.1. The van der Waals surface area contributed by atoms with Gasteiger partial charge < -0.3 is 20.6 Å². The fraction of sp³-hybridized carbons (Fsp3) is 0.455. The Morgan fingerprint density at radius 1 is 1.23 bits per heavy atom. The lowest BCUT2D eigenvalue weighted by molar-refractivity contribution is -0.124. The lowest BCUT2D eigenvalue weighted by atomic mass is 9.65. The van der Waals surface area contributed by atoms with Crippen LogP contribution in [0.3, 0.4) is 0 Å². The maximum Gasteiger partial charge on any atom is 0.223 e. The maximum absolute atomic E-state index is 12.3. The molecule has 0 aromatic carbocycles. The van der Waals surface area contributed by atoms with Crippen LogP contribution in [0.25, 0.3) is 22.7 Å².